The normalized spacial score (nSPS) is 20.7. The zero-order chi connectivity index (χ0) is 14.8. The van der Waals surface area contributed by atoms with Crippen LogP contribution in [0.4, 0.5) is 0 Å². The van der Waals surface area contributed by atoms with Gasteiger partial charge < -0.3 is 10.6 Å². The number of hydrogen-bond donors (Lipinski definition) is 1. The Balaban J connectivity index is 0.00000176. The molecule has 118 valence electrons. The number of aromatic nitrogens is 2. The molecule has 1 aromatic carbocycles. The van der Waals surface area contributed by atoms with Gasteiger partial charge in [0.05, 0.1) is 5.69 Å². The zero-order valence-electron chi connectivity index (χ0n) is 12.6. The maximum Gasteiger partial charge on any atom is 0.254 e. The molecule has 1 aliphatic heterocycles. The quantitative estimate of drug-likeness (QED) is 0.942. The Kier molecular flexibility index (Phi) is 5.21. The highest BCUT2D eigenvalue weighted by atomic mass is 35.5. The predicted octanol–water partition coefficient (Wildman–Crippen LogP) is 2.10. The monoisotopic (exact) mass is 320 g/mol. The Labute approximate surface area is 136 Å². The fourth-order valence-corrected chi connectivity index (χ4v) is 2.94. The van der Waals surface area contributed by atoms with Crippen molar-refractivity contribution in [1.29, 1.82) is 0 Å². The second kappa shape index (κ2) is 6.94. The third-order valence-corrected chi connectivity index (χ3v) is 4.14. The second-order valence-corrected chi connectivity index (χ2v) is 5.64. The first-order valence-electron chi connectivity index (χ1n) is 7.30. The molecule has 2 unspecified atom stereocenters. The van der Waals surface area contributed by atoms with E-state index < -0.39 is 0 Å². The van der Waals surface area contributed by atoms with Gasteiger partial charge >= 0.3 is 0 Å². The van der Waals surface area contributed by atoms with Crippen LogP contribution < -0.4 is 5.73 Å². The number of benzene rings is 1. The molecule has 0 saturated carbocycles. The summed E-state index contributed by atoms with van der Waals surface area (Å²) in [6, 6.07) is 9.70. The molecule has 1 aliphatic rings. The third-order valence-electron chi connectivity index (χ3n) is 4.14. The van der Waals surface area contributed by atoms with Gasteiger partial charge in [-0.05, 0) is 56.1 Å². The summed E-state index contributed by atoms with van der Waals surface area (Å²) in [4.78, 5) is 14.5. The molecular formula is C16H21ClN4O. The van der Waals surface area contributed by atoms with Gasteiger partial charge in [-0.3, -0.25) is 4.79 Å². The van der Waals surface area contributed by atoms with E-state index in [4.69, 9.17) is 5.73 Å². The summed E-state index contributed by atoms with van der Waals surface area (Å²) in [6.07, 6.45) is 4.61. The van der Waals surface area contributed by atoms with Crippen molar-refractivity contribution >= 4 is 18.3 Å². The van der Waals surface area contributed by atoms with Gasteiger partial charge in [-0.2, -0.15) is 5.10 Å². The fourth-order valence-electron chi connectivity index (χ4n) is 2.94. The van der Waals surface area contributed by atoms with E-state index in [2.05, 4.69) is 12.0 Å². The number of nitrogens with two attached hydrogens (primary N) is 1. The Hall–Kier alpha value is -1.85. The molecule has 0 bridgehead atoms. The van der Waals surface area contributed by atoms with Crippen molar-refractivity contribution in [3.8, 4) is 5.69 Å². The number of amides is 1. The molecule has 0 aliphatic carbocycles. The van der Waals surface area contributed by atoms with Crippen molar-refractivity contribution in [2.45, 2.75) is 19.4 Å². The molecule has 3 rings (SSSR count). The molecule has 1 fully saturated rings. The second-order valence-electron chi connectivity index (χ2n) is 5.64. The van der Waals surface area contributed by atoms with E-state index in [1.54, 1.807) is 10.9 Å². The van der Waals surface area contributed by atoms with Gasteiger partial charge in [0.1, 0.15) is 0 Å². The SMILES string of the molecule is CC1CC(CN)CN1C(=O)c1ccc(-n2cccn2)cc1.Cl. The summed E-state index contributed by atoms with van der Waals surface area (Å²) < 4.78 is 1.77. The maximum atomic E-state index is 12.6. The van der Waals surface area contributed by atoms with E-state index in [1.807, 2.05) is 41.4 Å². The first kappa shape index (κ1) is 16.5. The summed E-state index contributed by atoms with van der Waals surface area (Å²) in [6.45, 7) is 3.50. The summed E-state index contributed by atoms with van der Waals surface area (Å²) in [7, 11) is 0. The van der Waals surface area contributed by atoms with Crippen molar-refractivity contribution in [1.82, 2.24) is 14.7 Å². The molecule has 5 nitrogen and oxygen atoms in total. The average molecular weight is 321 g/mol. The smallest absolute Gasteiger partial charge is 0.254 e. The van der Waals surface area contributed by atoms with Crippen LogP contribution in [0.1, 0.15) is 23.7 Å². The number of carbonyl (C=O) groups excluding carboxylic acids is 1. The lowest BCUT2D eigenvalue weighted by molar-refractivity contribution is 0.0743. The van der Waals surface area contributed by atoms with E-state index in [0.717, 1.165) is 24.2 Å². The maximum absolute atomic E-state index is 12.6. The molecule has 2 atom stereocenters. The van der Waals surface area contributed by atoms with Crippen molar-refractivity contribution in [2.75, 3.05) is 13.1 Å². The molecule has 0 radical (unpaired) electrons. The lowest BCUT2D eigenvalue weighted by Crippen LogP contribution is -2.34. The molecule has 1 aromatic heterocycles. The van der Waals surface area contributed by atoms with E-state index in [9.17, 15) is 4.79 Å². The molecule has 6 heteroatoms. The molecule has 2 N–H and O–H groups in total. The molecule has 1 amide bonds. The van der Waals surface area contributed by atoms with Crippen LogP contribution in [-0.4, -0.2) is 39.7 Å². The third kappa shape index (κ3) is 3.15. The summed E-state index contributed by atoms with van der Waals surface area (Å²) >= 11 is 0. The molecule has 0 spiro atoms. The summed E-state index contributed by atoms with van der Waals surface area (Å²) in [5.74, 6) is 0.512. The van der Waals surface area contributed by atoms with E-state index in [-0.39, 0.29) is 24.4 Å². The zero-order valence-corrected chi connectivity index (χ0v) is 13.4. The van der Waals surface area contributed by atoms with Crippen molar-refractivity contribution < 1.29 is 4.79 Å². The van der Waals surface area contributed by atoms with Gasteiger partial charge in [-0.15, -0.1) is 12.4 Å². The van der Waals surface area contributed by atoms with Crippen LogP contribution in [-0.2, 0) is 0 Å². The lowest BCUT2D eigenvalue weighted by Gasteiger charge is -2.21. The van der Waals surface area contributed by atoms with Crippen molar-refractivity contribution in [3.05, 3.63) is 48.3 Å². The van der Waals surface area contributed by atoms with Gasteiger partial charge in [0.25, 0.3) is 5.91 Å². The van der Waals surface area contributed by atoms with Crippen LogP contribution >= 0.6 is 12.4 Å². The summed E-state index contributed by atoms with van der Waals surface area (Å²) in [5, 5.41) is 4.18. The van der Waals surface area contributed by atoms with E-state index >= 15 is 0 Å². The van der Waals surface area contributed by atoms with Crippen LogP contribution in [0.15, 0.2) is 42.7 Å². The number of carbonyl (C=O) groups is 1. The van der Waals surface area contributed by atoms with Gasteiger partial charge in [0.15, 0.2) is 0 Å². The topological polar surface area (TPSA) is 64.2 Å². The number of nitrogens with zero attached hydrogens (tertiary/aromatic N) is 3. The highest BCUT2D eigenvalue weighted by Gasteiger charge is 2.31. The summed E-state index contributed by atoms with van der Waals surface area (Å²) in [5.41, 5.74) is 7.39. The fraction of sp³-hybridized carbons (Fsp3) is 0.375. The first-order valence-corrected chi connectivity index (χ1v) is 7.30. The van der Waals surface area contributed by atoms with Gasteiger partial charge in [-0.1, -0.05) is 0 Å². The molecule has 2 heterocycles. The highest BCUT2D eigenvalue weighted by Crippen LogP contribution is 2.24. The number of rotatable bonds is 3. The van der Waals surface area contributed by atoms with Crippen LogP contribution in [0.25, 0.3) is 5.69 Å². The number of hydrogen-bond acceptors (Lipinski definition) is 3. The largest absolute Gasteiger partial charge is 0.336 e. The van der Waals surface area contributed by atoms with Crippen LogP contribution in [0.5, 0.6) is 0 Å². The Morgan fingerprint density at radius 2 is 2.09 bits per heavy atom. The van der Waals surface area contributed by atoms with Crippen LogP contribution in [0, 0.1) is 5.92 Å². The predicted molar refractivity (Wildman–Crippen MR) is 88.5 cm³/mol. The van der Waals surface area contributed by atoms with Crippen molar-refractivity contribution in [3.63, 3.8) is 0 Å². The average Bonchev–Trinajstić information content (AvgIpc) is 3.16. The standard InChI is InChI=1S/C16H20N4O.ClH/c1-12-9-13(10-17)11-19(12)16(21)14-3-5-15(6-4-14)20-8-2-7-18-20;/h2-8,12-13H,9-11,17H2,1H3;1H. The van der Waals surface area contributed by atoms with Crippen LogP contribution in [0.3, 0.4) is 0 Å². The van der Waals surface area contributed by atoms with Gasteiger partial charge in [0, 0.05) is 30.5 Å². The Morgan fingerprint density at radius 1 is 1.36 bits per heavy atom. The van der Waals surface area contributed by atoms with E-state index in [0.29, 0.717) is 12.5 Å². The van der Waals surface area contributed by atoms with Gasteiger partial charge in [0.2, 0.25) is 0 Å². The highest BCUT2D eigenvalue weighted by molar-refractivity contribution is 5.94. The molecule has 22 heavy (non-hydrogen) atoms. The number of halogens is 1. The van der Waals surface area contributed by atoms with Gasteiger partial charge in [-0.25, -0.2) is 4.68 Å². The molecule has 1 saturated heterocycles. The Bertz CT molecular complexity index is 612. The minimum absolute atomic E-state index is 0. The minimum Gasteiger partial charge on any atom is -0.336 e. The van der Waals surface area contributed by atoms with E-state index in [1.165, 1.54) is 0 Å². The first-order chi connectivity index (χ1) is 10.2. The molecule has 2 aromatic rings. The minimum atomic E-state index is 0. The van der Waals surface area contributed by atoms with Crippen molar-refractivity contribution in [2.24, 2.45) is 11.7 Å². The van der Waals surface area contributed by atoms with Crippen LogP contribution in [0.2, 0.25) is 0 Å². The lowest BCUT2D eigenvalue weighted by atomic mass is 10.1. The number of likely N-dealkylation sites (tertiary alicyclic amines) is 1. The Morgan fingerprint density at radius 3 is 2.64 bits per heavy atom. The molecular weight excluding hydrogens is 300 g/mol.